The molecule has 0 radical (unpaired) electrons. The topological polar surface area (TPSA) is 155 Å². The average Bonchev–Trinajstić information content (AvgIpc) is 2.90. The average molecular weight is 479 g/mol. The lowest BCUT2D eigenvalue weighted by Gasteiger charge is -2.34. The van der Waals surface area contributed by atoms with Crippen LogP contribution in [0.25, 0.3) is 0 Å². The summed E-state index contributed by atoms with van der Waals surface area (Å²) in [4.78, 5) is 45.4. The molecule has 0 aromatic carbocycles. The molecule has 13 nitrogen and oxygen atoms in total. The van der Waals surface area contributed by atoms with Crippen LogP contribution in [0.15, 0.2) is 0 Å². The summed E-state index contributed by atoms with van der Waals surface area (Å²) in [6.45, 7) is 6.74. The van der Waals surface area contributed by atoms with E-state index in [0.717, 1.165) is 12.8 Å². The van der Waals surface area contributed by atoms with Gasteiger partial charge in [-0.25, -0.2) is 15.1 Å². The maximum atomic E-state index is 12.6. The third-order valence-electron chi connectivity index (χ3n) is 5.46. The largest absolute Gasteiger partial charge is 0.444 e. The summed E-state index contributed by atoms with van der Waals surface area (Å²) in [6.07, 6.45) is 1.84. The van der Waals surface area contributed by atoms with Gasteiger partial charge >= 0.3 is 22.5 Å². The van der Waals surface area contributed by atoms with E-state index in [1.807, 2.05) is 0 Å². The molecule has 0 spiro atoms. The van der Waals surface area contributed by atoms with Gasteiger partial charge in [-0.15, -0.1) is 4.28 Å². The zero-order chi connectivity index (χ0) is 23.7. The van der Waals surface area contributed by atoms with Crippen LogP contribution < -0.4 is 5.48 Å². The van der Waals surface area contributed by atoms with Crippen LogP contribution in [-0.4, -0.2) is 89.8 Å². The number of carbonyl (C=O) groups excluding carboxylic acids is 3. The standard InChI is InChI=1S/C18H30N4O9S/c1-18(2,3)30-17(25)20-8-4-5-12(9-20)11-29-19-15(23)14-7-6-13-10-21(14)16(24)22(13)31-32(26,27)28/h12-14H,4-11H2,1-3H3,(H,19,23)(H,26,27,28)/t12?,13-,14+/m1/s1. The number of piperidine rings is 2. The minimum Gasteiger partial charge on any atom is -0.444 e. The van der Waals surface area contributed by atoms with Crippen molar-refractivity contribution in [2.24, 2.45) is 5.92 Å². The Labute approximate surface area is 186 Å². The normalized spacial score (nSPS) is 26.3. The molecule has 0 saturated carbocycles. The molecule has 3 heterocycles. The molecule has 4 amide bonds. The Balaban J connectivity index is 1.46. The highest BCUT2D eigenvalue weighted by Crippen LogP contribution is 2.30. The van der Waals surface area contributed by atoms with Gasteiger partial charge in [0, 0.05) is 25.6 Å². The maximum absolute atomic E-state index is 12.6. The molecule has 3 fully saturated rings. The van der Waals surface area contributed by atoms with Gasteiger partial charge in [0.25, 0.3) is 5.91 Å². The van der Waals surface area contributed by atoms with Crippen molar-refractivity contribution in [1.29, 1.82) is 0 Å². The molecule has 3 atom stereocenters. The van der Waals surface area contributed by atoms with Crippen LogP contribution in [0.3, 0.4) is 0 Å². The van der Waals surface area contributed by atoms with E-state index in [1.165, 1.54) is 4.90 Å². The molecule has 1 unspecified atom stereocenters. The number of fused-ring (bicyclic) bond motifs is 2. The second kappa shape index (κ2) is 9.37. The van der Waals surface area contributed by atoms with E-state index in [2.05, 4.69) is 9.76 Å². The third-order valence-corrected chi connectivity index (χ3v) is 5.81. The summed E-state index contributed by atoms with van der Waals surface area (Å²) < 4.78 is 40.5. The number of carbonyl (C=O) groups is 3. The predicted octanol–water partition coefficient (Wildman–Crippen LogP) is 0.684. The van der Waals surface area contributed by atoms with Crippen molar-refractivity contribution in [3.05, 3.63) is 0 Å². The van der Waals surface area contributed by atoms with E-state index in [1.54, 1.807) is 25.7 Å². The van der Waals surface area contributed by atoms with Crippen molar-refractivity contribution >= 4 is 28.4 Å². The van der Waals surface area contributed by atoms with Gasteiger partial charge in [-0.3, -0.25) is 14.2 Å². The first-order valence-electron chi connectivity index (χ1n) is 10.5. The lowest BCUT2D eigenvalue weighted by atomic mass is 9.99. The number of ether oxygens (including phenoxy) is 1. The predicted molar refractivity (Wildman–Crippen MR) is 108 cm³/mol. The number of likely N-dealkylation sites (tertiary alicyclic amines) is 1. The molecule has 3 saturated heterocycles. The molecule has 182 valence electrons. The molecular weight excluding hydrogens is 448 g/mol. The van der Waals surface area contributed by atoms with E-state index in [-0.39, 0.29) is 31.6 Å². The summed E-state index contributed by atoms with van der Waals surface area (Å²) in [5.74, 6) is -0.523. The summed E-state index contributed by atoms with van der Waals surface area (Å²) >= 11 is 0. The molecule has 32 heavy (non-hydrogen) atoms. The number of hydroxylamine groups is 3. The van der Waals surface area contributed by atoms with Crippen LogP contribution in [0.1, 0.15) is 46.5 Å². The quantitative estimate of drug-likeness (QED) is 0.414. The van der Waals surface area contributed by atoms with Gasteiger partial charge in [-0.2, -0.15) is 13.5 Å². The molecule has 3 aliphatic heterocycles. The van der Waals surface area contributed by atoms with Crippen LogP contribution in [0.2, 0.25) is 0 Å². The van der Waals surface area contributed by atoms with Gasteiger partial charge in [-0.1, -0.05) is 0 Å². The van der Waals surface area contributed by atoms with Crippen LogP contribution >= 0.6 is 0 Å². The first-order chi connectivity index (χ1) is 14.8. The SMILES string of the molecule is CC(C)(C)OC(=O)N1CCCC(CONC(=O)[C@@H]2CC[C@@H]3CN2C(=O)N3OS(=O)(=O)O)C1. The Morgan fingerprint density at radius 3 is 2.56 bits per heavy atom. The molecule has 3 aliphatic rings. The molecule has 14 heteroatoms. The highest BCUT2D eigenvalue weighted by atomic mass is 32.3. The molecule has 0 aliphatic carbocycles. The molecule has 0 aromatic heterocycles. The van der Waals surface area contributed by atoms with Crippen LogP contribution in [0.4, 0.5) is 9.59 Å². The van der Waals surface area contributed by atoms with Crippen molar-refractivity contribution in [3.8, 4) is 0 Å². The van der Waals surface area contributed by atoms with Crippen molar-refractivity contribution in [3.63, 3.8) is 0 Å². The minimum atomic E-state index is -4.85. The number of nitrogens with one attached hydrogen (secondary N) is 1. The van der Waals surface area contributed by atoms with Crippen molar-refractivity contribution in [2.75, 3.05) is 26.2 Å². The Morgan fingerprint density at radius 2 is 1.91 bits per heavy atom. The number of urea groups is 1. The molecule has 3 rings (SSSR count). The van der Waals surface area contributed by atoms with E-state index >= 15 is 0 Å². The summed E-state index contributed by atoms with van der Waals surface area (Å²) in [6, 6.07) is -2.24. The van der Waals surface area contributed by atoms with Crippen LogP contribution in [-0.2, 0) is 29.1 Å². The maximum Gasteiger partial charge on any atom is 0.418 e. The number of hydrogen-bond donors (Lipinski definition) is 2. The fourth-order valence-electron chi connectivity index (χ4n) is 4.10. The van der Waals surface area contributed by atoms with Gasteiger partial charge in [0.15, 0.2) is 0 Å². The van der Waals surface area contributed by atoms with E-state index in [4.69, 9.17) is 14.1 Å². The Hall–Kier alpha value is -2.16. The number of nitrogens with zero attached hydrogens (tertiary/aromatic N) is 3. The Morgan fingerprint density at radius 1 is 1.19 bits per heavy atom. The van der Waals surface area contributed by atoms with Gasteiger partial charge in [0.05, 0.1) is 12.6 Å². The highest BCUT2D eigenvalue weighted by Gasteiger charge is 2.49. The second-order valence-corrected chi connectivity index (χ2v) is 10.2. The summed E-state index contributed by atoms with van der Waals surface area (Å²) in [5.41, 5.74) is 1.77. The van der Waals surface area contributed by atoms with Crippen molar-refractivity contribution in [1.82, 2.24) is 20.3 Å². The van der Waals surface area contributed by atoms with Gasteiger partial charge < -0.3 is 14.5 Å². The monoisotopic (exact) mass is 478 g/mol. The van der Waals surface area contributed by atoms with Crippen molar-refractivity contribution < 1.29 is 41.2 Å². The number of rotatable bonds is 6. The molecular formula is C18H30N4O9S. The molecule has 0 aromatic rings. The zero-order valence-corrected chi connectivity index (χ0v) is 19.2. The summed E-state index contributed by atoms with van der Waals surface area (Å²) in [5, 5.41) is 0.580. The highest BCUT2D eigenvalue weighted by molar-refractivity contribution is 7.80. The first-order valence-corrected chi connectivity index (χ1v) is 11.9. The first kappa shape index (κ1) is 24.5. The number of amides is 4. The van der Waals surface area contributed by atoms with Gasteiger partial charge in [-0.05, 0) is 46.5 Å². The van der Waals surface area contributed by atoms with Crippen LogP contribution in [0, 0.1) is 5.92 Å². The number of hydrogen-bond acceptors (Lipinski definition) is 8. The van der Waals surface area contributed by atoms with E-state index < -0.39 is 40.0 Å². The fourth-order valence-corrected chi connectivity index (χ4v) is 4.48. The lowest BCUT2D eigenvalue weighted by molar-refractivity contribution is -0.140. The van der Waals surface area contributed by atoms with Crippen LogP contribution in [0.5, 0.6) is 0 Å². The van der Waals surface area contributed by atoms with Crippen molar-refractivity contribution in [2.45, 2.75) is 64.1 Å². The Kier molecular flexibility index (Phi) is 7.17. The van der Waals surface area contributed by atoms with E-state index in [0.29, 0.717) is 24.6 Å². The minimum absolute atomic E-state index is 0.0133. The van der Waals surface area contributed by atoms with Gasteiger partial charge in [0.1, 0.15) is 11.6 Å². The van der Waals surface area contributed by atoms with Gasteiger partial charge in [0.2, 0.25) is 0 Å². The lowest BCUT2D eigenvalue weighted by Crippen LogP contribution is -2.50. The third kappa shape index (κ3) is 6.21. The smallest absolute Gasteiger partial charge is 0.418 e. The fraction of sp³-hybridized carbons (Fsp3) is 0.833. The Bertz CT molecular complexity index is 844. The second-order valence-electron chi connectivity index (χ2n) is 9.22. The molecule has 2 N–H and O–H groups in total. The molecule has 2 bridgehead atoms. The zero-order valence-electron chi connectivity index (χ0n) is 18.4. The van der Waals surface area contributed by atoms with E-state index in [9.17, 15) is 22.8 Å². The summed E-state index contributed by atoms with van der Waals surface area (Å²) in [7, 11) is -4.85.